The minimum absolute atomic E-state index is 0.0454. The fraction of sp³-hybridized carbons (Fsp3) is 0.263. The van der Waals surface area contributed by atoms with Crippen molar-refractivity contribution >= 4 is 23.5 Å². The van der Waals surface area contributed by atoms with Crippen LogP contribution >= 0.6 is 11.6 Å². The summed E-state index contributed by atoms with van der Waals surface area (Å²) in [6.07, 6.45) is 0. The molecular formula is C19H17ClFNO3. The van der Waals surface area contributed by atoms with E-state index in [1.807, 2.05) is 0 Å². The lowest BCUT2D eigenvalue weighted by Crippen LogP contribution is -2.30. The maximum Gasteiger partial charge on any atom is 0.308 e. The third-order valence-electron chi connectivity index (χ3n) is 4.59. The predicted octanol–water partition coefficient (Wildman–Crippen LogP) is 3.94. The van der Waals surface area contributed by atoms with Gasteiger partial charge in [0.1, 0.15) is 5.82 Å². The van der Waals surface area contributed by atoms with Gasteiger partial charge in [-0.05, 0) is 41.3 Å². The fourth-order valence-corrected chi connectivity index (χ4v) is 3.26. The number of halogens is 2. The van der Waals surface area contributed by atoms with E-state index in [-0.39, 0.29) is 18.0 Å². The topological polar surface area (TPSA) is 57.6 Å². The number of carboxylic acid groups (broad SMARTS) is 1. The van der Waals surface area contributed by atoms with Gasteiger partial charge in [0, 0.05) is 18.1 Å². The molecule has 0 spiro atoms. The van der Waals surface area contributed by atoms with Crippen LogP contribution in [-0.2, 0) is 4.79 Å². The van der Waals surface area contributed by atoms with Crippen molar-refractivity contribution in [3.8, 4) is 11.1 Å². The number of aliphatic carboxylic acids is 1. The summed E-state index contributed by atoms with van der Waals surface area (Å²) in [6.45, 7) is 2.20. The number of carbonyl (C=O) groups is 2. The summed E-state index contributed by atoms with van der Waals surface area (Å²) in [4.78, 5) is 25.1. The average molecular weight is 362 g/mol. The van der Waals surface area contributed by atoms with Crippen molar-refractivity contribution < 1.29 is 19.1 Å². The molecule has 0 radical (unpaired) electrons. The second-order valence-corrected chi connectivity index (χ2v) is 6.77. The molecule has 2 atom stereocenters. The molecular weight excluding hydrogens is 345 g/mol. The predicted molar refractivity (Wildman–Crippen MR) is 93.0 cm³/mol. The van der Waals surface area contributed by atoms with Crippen molar-refractivity contribution in [3.63, 3.8) is 0 Å². The molecule has 1 N–H and O–H groups in total. The van der Waals surface area contributed by atoms with Gasteiger partial charge in [-0.1, -0.05) is 36.7 Å². The van der Waals surface area contributed by atoms with Crippen LogP contribution in [0.15, 0.2) is 42.5 Å². The summed E-state index contributed by atoms with van der Waals surface area (Å²) in [5.74, 6) is -2.79. The van der Waals surface area contributed by atoms with E-state index in [0.717, 1.165) is 5.56 Å². The first-order chi connectivity index (χ1) is 11.9. The summed E-state index contributed by atoms with van der Waals surface area (Å²) < 4.78 is 14.5. The molecule has 1 saturated heterocycles. The third kappa shape index (κ3) is 3.51. The van der Waals surface area contributed by atoms with Gasteiger partial charge >= 0.3 is 5.97 Å². The molecule has 0 unspecified atom stereocenters. The van der Waals surface area contributed by atoms with E-state index >= 15 is 0 Å². The Morgan fingerprint density at radius 2 is 1.76 bits per heavy atom. The Bertz CT molecular complexity index is 822. The maximum atomic E-state index is 14.5. The van der Waals surface area contributed by atoms with Crippen LogP contribution in [0.5, 0.6) is 0 Å². The first-order valence-corrected chi connectivity index (χ1v) is 8.32. The molecule has 1 aliphatic rings. The number of amides is 1. The molecule has 2 aromatic carbocycles. The Morgan fingerprint density at radius 3 is 2.32 bits per heavy atom. The van der Waals surface area contributed by atoms with E-state index in [1.165, 1.54) is 17.0 Å². The van der Waals surface area contributed by atoms with E-state index in [1.54, 1.807) is 37.3 Å². The largest absolute Gasteiger partial charge is 0.481 e. The van der Waals surface area contributed by atoms with Crippen molar-refractivity contribution in [2.24, 2.45) is 11.8 Å². The van der Waals surface area contributed by atoms with Crippen LogP contribution < -0.4 is 0 Å². The molecule has 4 nitrogen and oxygen atoms in total. The molecule has 0 bridgehead atoms. The Kier molecular flexibility index (Phi) is 4.77. The number of benzene rings is 2. The second kappa shape index (κ2) is 6.84. The van der Waals surface area contributed by atoms with E-state index in [4.69, 9.17) is 16.7 Å². The Labute approximate surface area is 149 Å². The van der Waals surface area contributed by atoms with E-state index in [2.05, 4.69) is 0 Å². The lowest BCUT2D eigenvalue weighted by molar-refractivity contribution is -0.142. The number of rotatable bonds is 3. The monoisotopic (exact) mass is 361 g/mol. The first kappa shape index (κ1) is 17.4. The van der Waals surface area contributed by atoms with Crippen molar-refractivity contribution in [3.05, 3.63) is 58.9 Å². The van der Waals surface area contributed by atoms with Gasteiger partial charge in [-0.2, -0.15) is 0 Å². The molecule has 1 amide bonds. The Balaban J connectivity index is 1.82. The summed E-state index contributed by atoms with van der Waals surface area (Å²) in [6, 6.07) is 11.4. The Morgan fingerprint density at radius 1 is 1.12 bits per heavy atom. The molecule has 6 heteroatoms. The Hall–Kier alpha value is -2.40. The zero-order valence-corrected chi connectivity index (χ0v) is 14.3. The van der Waals surface area contributed by atoms with Crippen LogP contribution in [0.25, 0.3) is 11.1 Å². The van der Waals surface area contributed by atoms with Gasteiger partial charge in [0.2, 0.25) is 0 Å². The highest BCUT2D eigenvalue weighted by Crippen LogP contribution is 2.27. The highest BCUT2D eigenvalue weighted by molar-refractivity contribution is 6.30. The summed E-state index contributed by atoms with van der Waals surface area (Å²) in [5.41, 5.74) is 1.39. The van der Waals surface area contributed by atoms with E-state index < -0.39 is 23.6 Å². The zero-order valence-electron chi connectivity index (χ0n) is 13.6. The van der Waals surface area contributed by atoms with Gasteiger partial charge in [0.15, 0.2) is 0 Å². The number of hydrogen-bond donors (Lipinski definition) is 1. The second-order valence-electron chi connectivity index (χ2n) is 6.33. The summed E-state index contributed by atoms with van der Waals surface area (Å²) >= 11 is 5.85. The zero-order chi connectivity index (χ0) is 18.1. The molecule has 130 valence electrons. The van der Waals surface area contributed by atoms with Crippen LogP contribution in [0.4, 0.5) is 4.39 Å². The van der Waals surface area contributed by atoms with Gasteiger partial charge in [-0.3, -0.25) is 9.59 Å². The molecule has 3 rings (SSSR count). The number of likely N-dealkylation sites (tertiary alicyclic amines) is 1. The lowest BCUT2D eigenvalue weighted by atomic mass is 9.99. The highest BCUT2D eigenvalue weighted by atomic mass is 35.5. The molecule has 1 heterocycles. The minimum Gasteiger partial charge on any atom is -0.481 e. The smallest absolute Gasteiger partial charge is 0.308 e. The molecule has 0 aliphatic carbocycles. The van der Waals surface area contributed by atoms with Crippen molar-refractivity contribution in [1.82, 2.24) is 4.90 Å². The van der Waals surface area contributed by atoms with Gasteiger partial charge in [-0.25, -0.2) is 4.39 Å². The molecule has 25 heavy (non-hydrogen) atoms. The van der Waals surface area contributed by atoms with Gasteiger partial charge < -0.3 is 10.0 Å². The lowest BCUT2D eigenvalue weighted by Gasteiger charge is -2.16. The molecule has 0 aromatic heterocycles. The summed E-state index contributed by atoms with van der Waals surface area (Å²) in [5, 5.41) is 9.76. The minimum atomic E-state index is -0.929. The van der Waals surface area contributed by atoms with Crippen molar-refractivity contribution in [1.29, 1.82) is 0 Å². The molecule has 1 fully saturated rings. The van der Waals surface area contributed by atoms with E-state index in [0.29, 0.717) is 17.1 Å². The van der Waals surface area contributed by atoms with Crippen LogP contribution in [0, 0.1) is 17.7 Å². The standard InChI is InChI=1S/C19H17ClFNO3/c1-11-9-22(10-16(11)19(24)25)18(23)15-7-4-13(8-17(15)21)12-2-5-14(20)6-3-12/h2-8,11,16H,9-10H2,1H3,(H,24,25)/t11-,16-/m1/s1. The number of nitrogens with zero attached hydrogens (tertiary/aromatic N) is 1. The normalized spacial score (nSPS) is 19.9. The average Bonchev–Trinajstić information content (AvgIpc) is 2.97. The summed E-state index contributed by atoms with van der Waals surface area (Å²) in [7, 11) is 0. The first-order valence-electron chi connectivity index (χ1n) is 7.94. The van der Waals surface area contributed by atoms with Crippen LogP contribution in [0.2, 0.25) is 5.02 Å². The highest BCUT2D eigenvalue weighted by Gasteiger charge is 2.37. The van der Waals surface area contributed by atoms with Crippen molar-refractivity contribution in [2.45, 2.75) is 6.92 Å². The fourth-order valence-electron chi connectivity index (χ4n) is 3.13. The molecule has 1 aliphatic heterocycles. The molecule has 0 saturated carbocycles. The van der Waals surface area contributed by atoms with E-state index in [9.17, 15) is 14.0 Å². The number of carbonyl (C=O) groups excluding carboxylic acids is 1. The van der Waals surface area contributed by atoms with Gasteiger partial charge in [0.05, 0.1) is 11.5 Å². The van der Waals surface area contributed by atoms with Crippen LogP contribution in [0.1, 0.15) is 17.3 Å². The SMILES string of the molecule is C[C@@H]1CN(C(=O)c2ccc(-c3ccc(Cl)cc3)cc2F)C[C@H]1C(=O)O. The quantitative estimate of drug-likeness (QED) is 0.900. The van der Waals surface area contributed by atoms with Gasteiger partial charge in [0.25, 0.3) is 5.91 Å². The van der Waals surface area contributed by atoms with Crippen LogP contribution in [0.3, 0.4) is 0 Å². The number of carboxylic acids is 1. The van der Waals surface area contributed by atoms with Crippen LogP contribution in [-0.4, -0.2) is 35.0 Å². The van der Waals surface area contributed by atoms with Crippen molar-refractivity contribution in [2.75, 3.05) is 13.1 Å². The molecule has 2 aromatic rings. The number of hydrogen-bond acceptors (Lipinski definition) is 2. The maximum absolute atomic E-state index is 14.5. The van der Waals surface area contributed by atoms with Gasteiger partial charge in [-0.15, -0.1) is 0 Å². The third-order valence-corrected chi connectivity index (χ3v) is 4.85.